The van der Waals surface area contributed by atoms with Crippen molar-refractivity contribution in [2.75, 3.05) is 34.3 Å². The van der Waals surface area contributed by atoms with Crippen molar-refractivity contribution in [3.8, 4) is 0 Å². The molecule has 82 valence electrons. The van der Waals surface area contributed by atoms with E-state index in [0.717, 1.165) is 11.0 Å². The van der Waals surface area contributed by atoms with E-state index in [4.69, 9.17) is 4.52 Å². The molecule has 1 N–H and O–H groups in total. The van der Waals surface area contributed by atoms with E-state index in [-0.39, 0.29) is 0 Å². The molecule has 1 rings (SSSR count). The van der Waals surface area contributed by atoms with E-state index in [1.807, 2.05) is 0 Å². The number of hydrogen-bond donors (Lipinski definition) is 1. The molecule has 0 aliphatic heterocycles. The Morgan fingerprint density at radius 1 is 1.50 bits per heavy atom. The summed E-state index contributed by atoms with van der Waals surface area (Å²) >= 11 is 0. The van der Waals surface area contributed by atoms with Crippen molar-refractivity contribution < 1.29 is 13.6 Å². The summed E-state index contributed by atoms with van der Waals surface area (Å²) in [5.74, 6) is 0. The van der Waals surface area contributed by atoms with Crippen LogP contribution in [0.15, 0.2) is 18.7 Å². The van der Waals surface area contributed by atoms with E-state index in [2.05, 4.69) is 31.1 Å². The molecule has 1 unspecified atom stereocenters. The Kier molecular flexibility index (Phi) is 7.38. The summed E-state index contributed by atoms with van der Waals surface area (Å²) in [4.78, 5) is 6.42. The maximum atomic E-state index is 9.87. The SMILES string of the molecule is C[N+](C)(C)CCO[PH2]=O.c1c[nH]cn1. The van der Waals surface area contributed by atoms with Crippen LogP contribution < -0.4 is 0 Å². The summed E-state index contributed by atoms with van der Waals surface area (Å²) in [6, 6.07) is 0. The molecule has 0 amide bonds. The molecule has 1 heterocycles. The second kappa shape index (κ2) is 7.74. The van der Waals surface area contributed by atoms with Crippen molar-refractivity contribution in [1.82, 2.24) is 9.97 Å². The number of imidazole rings is 1. The zero-order valence-electron chi connectivity index (χ0n) is 8.93. The van der Waals surface area contributed by atoms with Crippen molar-refractivity contribution in [2.45, 2.75) is 0 Å². The number of likely N-dealkylation sites (N-methyl/N-ethyl adjacent to an activating group) is 1. The molecule has 0 fully saturated rings. The predicted molar refractivity (Wildman–Crippen MR) is 57.8 cm³/mol. The number of aromatic nitrogens is 2. The van der Waals surface area contributed by atoms with Crippen LogP contribution in [0.25, 0.3) is 0 Å². The minimum absolute atomic E-state index is 0.600. The monoisotopic (exact) mass is 220 g/mol. The predicted octanol–water partition coefficient (Wildman–Crippen LogP) is 0.790. The van der Waals surface area contributed by atoms with Gasteiger partial charge in [-0.05, 0) is 0 Å². The van der Waals surface area contributed by atoms with Gasteiger partial charge in [-0.15, -0.1) is 0 Å². The largest absolute Gasteiger partial charge is 0.351 e. The molecular weight excluding hydrogens is 201 g/mol. The minimum Gasteiger partial charge on any atom is -0.351 e. The maximum absolute atomic E-state index is 9.87. The van der Waals surface area contributed by atoms with Crippen LogP contribution >= 0.6 is 8.69 Å². The lowest BCUT2D eigenvalue weighted by Gasteiger charge is -2.22. The Morgan fingerprint density at radius 2 is 2.21 bits per heavy atom. The van der Waals surface area contributed by atoms with Crippen LogP contribution in [0.4, 0.5) is 0 Å². The Balaban J connectivity index is 0.000000280. The summed E-state index contributed by atoms with van der Waals surface area (Å²) in [6.45, 7) is 1.51. The van der Waals surface area contributed by atoms with Gasteiger partial charge in [-0.3, -0.25) is 4.57 Å². The van der Waals surface area contributed by atoms with Crippen LogP contribution in [0.5, 0.6) is 0 Å². The van der Waals surface area contributed by atoms with E-state index in [1.165, 1.54) is 0 Å². The first kappa shape index (κ1) is 13.4. The number of hydrogen-bond acceptors (Lipinski definition) is 3. The molecule has 0 saturated heterocycles. The van der Waals surface area contributed by atoms with Crippen molar-refractivity contribution in [3.05, 3.63) is 18.7 Å². The van der Waals surface area contributed by atoms with E-state index >= 15 is 0 Å². The maximum Gasteiger partial charge on any atom is 0.180 e. The molecule has 0 bridgehead atoms. The fraction of sp³-hybridized carbons (Fsp3) is 0.625. The molecule has 1 aromatic heterocycles. The number of aromatic amines is 1. The first-order valence-corrected chi connectivity index (χ1v) is 5.29. The van der Waals surface area contributed by atoms with Crippen molar-refractivity contribution >= 4 is 8.69 Å². The second-order valence-electron chi connectivity index (χ2n) is 3.74. The van der Waals surface area contributed by atoms with Crippen molar-refractivity contribution in [3.63, 3.8) is 0 Å². The van der Waals surface area contributed by atoms with Crippen molar-refractivity contribution in [1.29, 1.82) is 0 Å². The van der Waals surface area contributed by atoms with Gasteiger partial charge in [0.05, 0.1) is 27.5 Å². The normalized spacial score (nSPS) is 11.4. The van der Waals surface area contributed by atoms with Gasteiger partial charge in [-0.25, -0.2) is 4.98 Å². The number of quaternary nitrogens is 1. The quantitative estimate of drug-likeness (QED) is 0.463. The average molecular weight is 220 g/mol. The van der Waals surface area contributed by atoms with E-state index < -0.39 is 8.69 Å². The minimum atomic E-state index is -1.02. The van der Waals surface area contributed by atoms with Gasteiger partial charge in [0.1, 0.15) is 13.2 Å². The third-order valence-electron chi connectivity index (χ3n) is 1.35. The van der Waals surface area contributed by atoms with Gasteiger partial charge in [-0.2, -0.15) is 0 Å². The van der Waals surface area contributed by atoms with Crippen LogP contribution in [0.1, 0.15) is 0 Å². The third-order valence-corrected chi connectivity index (χ3v) is 1.73. The second-order valence-corrected chi connectivity index (χ2v) is 4.27. The number of nitrogens with one attached hydrogen (secondary N) is 1. The highest BCUT2D eigenvalue weighted by Gasteiger charge is 2.04. The molecule has 0 spiro atoms. The molecule has 0 radical (unpaired) electrons. The van der Waals surface area contributed by atoms with Crippen LogP contribution in [0, 0.1) is 0 Å². The molecule has 14 heavy (non-hydrogen) atoms. The lowest BCUT2D eigenvalue weighted by atomic mass is 10.5. The third kappa shape index (κ3) is 11.4. The first-order valence-electron chi connectivity index (χ1n) is 4.35. The van der Waals surface area contributed by atoms with Gasteiger partial charge in [0, 0.05) is 12.4 Å². The summed E-state index contributed by atoms with van der Waals surface area (Å²) in [6.07, 6.45) is 5.08. The molecule has 1 aromatic rings. The van der Waals surface area contributed by atoms with Gasteiger partial charge < -0.3 is 14.0 Å². The summed E-state index contributed by atoms with van der Waals surface area (Å²) in [7, 11) is 5.20. The number of H-pyrrole nitrogens is 1. The summed E-state index contributed by atoms with van der Waals surface area (Å²) in [5, 5.41) is 0. The van der Waals surface area contributed by atoms with Gasteiger partial charge in [0.25, 0.3) is 0 Å². The van der Waals surface area contributed by atoms with Crippen LogP contribution in [0.3, 0.4) is 0 Å². The van der Waals surface area contributed by atoms with E-state index in [0.29, 0.717) is 6.61 Å². The zero-order chi connectivity index (χ0) is 10.9. The number of nitrogens with zero attached hydrogens (tertiary/aromatic N) is 2. The molecule has 5 nitrogen and oxygen atoms in total. The van der Waals surface area contributed by atoms with E-state index in [1.54, 1.807) is 18.7 Å². The molecule has 0 aliphatic rings. The highest BCUT2D eigenvalue weighted by molar-refractivity contribution is 7.17. The van der Waals surface area contributed by atoms with Crippen LogP contribution in [-0.4, -0.2) is 48.7 Å². The molecule has 1 atom stereocenters. The zero-order valence-corrected chi connectivity index (χ0v) is 10.1. The first-order chi connectivity index (χ1) is 6.56. The Hall–Kier alpha value is -0.640. The van der Waals surface area contributed by atoms with Gasteiger partial charge in [-0.1, -0.05) is 0 Å². The average Bonchev–Trinajstić information content (AvgIpc) is 2.59. The summed E-state index contributed by atoms with van der Waals surface area (Å²) in [5.41, 5.74) is 0. The van der Waals surface area contributed by atoms with Crippen molar-refractivity contribution in [2.24, 2.45) is 0 Å². The molecule has 0 aromatic carbocycles. The molecule has 0 saturated carbocycles. The fourth-order valence-electron chi connectivity index (χ4n) is 0.590. The van der Waals surface area contributed by atoms with Gasteiger partial charge >= 0.3 is 0 Å². The van der Waals surface area contributed by atoms with Gasteiger partial charge in [0.15, 0.2) is 8.69 Å². The Bertz CT molecular complexity index is 204. The molecule has 0 aliphatic carbocycles. The van der Waals surface area contributed by atoms with E-state index in [9.17, 15) is 4.57 Å². The Morgan fingerprint density at radius 3 is 2.50 bits per heavy atom. The van der Waals surface area contributed by atoms with Gasteiger partial charge in [0.2, 0.25) is 0 Å². The van der Waals surface area contributed by atoms with Crippen LogP contribution in [0.2, 0.25) is 0 Å². The molecular formula is C8H19N3O2P+. The standard InChI is InChI=1S/C5H15NO2P.C3H4N2/c1-6(2,3)4-5-8-9-7;1-2-5-3-4-1/h4-5,9H2,1-3H3;1-3H,(H,4,5)/q+1;. The topological polar surface area (TPSA) is 55.0 Å². The Labute approximate surface area is 86.0 Å². The smallest absolute Gasteiger partial charge is 0.180 e. The number of rotatable bonds is 4. The van der Waals surface area contributed by atoms with Crippen LogP contribution in [-0.2, 0) is 9.09 Å². The highest BCUT2D eigenvalue weighted by atomic mass is 31.1. The fourth-order valence-corrected chi connectivity index (χ4v) is 0.791. The lowest BCUT2D eigenvalue weighted by molar-refractivity contribution is -0.870. The lowest BCUT2D eigenvalue weighted by Crippen LogP contribution is -2.37. The summed E-state index contributed by atoms with van der Waals surface area (Å²) < 4.78 is 15.5. The highest BCUT2D eigenvalue weighted by Crippen LogP contribution is 1.96. The molecule has 6 heteroatoms.